The lowest BCUT2D eigenvalue weighted by molar-refractivity contribution is -0.127. The van der Waals surface area contributed by atoms with Crippen LogP contribution in [0.2, 0.25) is 0 Å². The Labute approximate surface area is 99.2 Å². The fourth-order valence-electron chi connectivity index (χ4n) is 2.18. The van der Waals surface area contributed by atoms with E-state index in [2.05, 4.69) is 26.1 Å². The van der Waals surface area contributed by atoms with E-state index in [1.165, 1.54) is 0 Å². The minimum absolute atomic E-state index is 0.0677. The van der Waals surface area contributed by atoms with Crippen LogP contribution in [-0.2, 0) is 4.79 Å². The molecule has 1 aliphatic carbocycles. The second kappa shape index (κ2) is 5.67. The van der Waals surface area contributed by atoms with E-state index in [9.17, 15) is 4.79 Å². The number of amides is 1. The summed E-state index contributed by atoms with van der Waals surface area (Å²) in [7, 11) is 0. The molecule has 1 fully saturated rings. The van der Waals surface area contributed by atoms with Crippen molar-refractivity contribution in [2.75, 3.05) is 6.54 Å². The van der Waals surface area contributed by atoms with E-state index in [0.717, 1.165) is 38.6 Å². The van der Waals surface area contributed by atoms with Crippen molar-refractivity contribution in [2.24, 2.45) is 17.6 Å². The van der Waals surface area contributed by atoms with E-state index in [1.54, 1.807) is 0 Å². The zero-order valence-electron chi connectivity index (χ0n) is 10.9. The van der Waals surface area contributed by atoms with Gasteiger partial charge in [-0.25, -0.2) is 0 Å². The van der Waals surface area contributed by atoms with Crippen LogP contribution in [0.3, 0.4) is 0 Å². The van der Waals surface area contributed by atoms with Gasteiger partial charge >= 0.3 is 0 Å². The molecule has 3 N–H and O–H groups in total. The number of hydrogen-bond acceptors (Lipinski definition) is 2. The summed E-state index contributed by atoms with van der Waals surface area (Å²) in [5.74, 6) is 1.10. The summed E-state index contributed by atoms with van der Waals surface area (Å²) in [6.45, 7) is 7.03. The molecule has 1 amide bonds. The molecule has 0 aromatic rings. The predicted molar refractivity (Wildman–Crippen MR) is 67.0 cm³/mol. The van der Waals surface area contributed by atoms with E-state index in [0.29, 0.717) is 5.92 Å². The third-order valence-electron chi connectivity index (χ3n) is 3.90. The van der Waals surface area contributed by atoms with E-state index in [-0.39, 0.29) is 17.4 Å². The fraction of sp³-hybridized carbons (Fsp3) is 0.923. The van der Waals surface area contributed by atoms with Gasteiger partial charge in [0, 0.05) is 11.5 Å². The van der Waals surface area contributed by atoms with Crippen LogP contribution < -0.4 is 11.1 Å². The molecular weight excluding hydrogens is 200 g/mol. The van der Waals surface area contributed by atoms with Gasteiger partial charge in [-0.15, -0.1) is 0 Å². The van der Waals surface area contributed by atoms with Crippen LogP contribution in [0.15, 0.2) is 0 Å². The fourth-order valence-corrected chi connectivity index (χ4v) is 2.18. The van der Waals surface area contributed by atoms with Crippen molar-refractivity contribution in [3.05, 3.63) is 0 Å². The first-order valence-electron chi connectivity index (χ1n) is 6.50. The summed E-state index contributed by atoms with van der Waals surface area (Å²) >= 11 is 0. The second-order valence-electron chi connectivity index (χ2n) is 5.68. The molecule has 3 heteroatoms. The number of carbonyl (C=O) groups excluding carboxylic acids is 1. The molecule has 0 aliphatic heterocycles. The van der Waals surface area contributed by atoms with Crippen LogP contribution in [0.5, 0.6) is 0 Å². The van der Waals surface area contributed by atoms with Gasteiger partial charge in [0.25, 0.3) is 0 Å². The molecule has 3 nitrogen and oxygen atoms in total. The number of rotatable bonds is 4. The van der Waals surface area contributed by atoms with Gasteiger partial charge in [0.15, 0.2) is 0 Å². The van der Waals surface area contributed by atoms with Gasteiger partial charge in [0.1, 0.15) is 0 Å². The van der Waals surface area contributed by atoms with Crippen LogP contribution in [0.1, 0.15) is 52.9 Å². The van der Waals surface area contributed by atoms with Gasteiger partial charge < -0.3 is 11.1 Å². The number of nitrogens with two attached hydrogens (primary N) is 1. The molecule has 0 aromatic carbocycles. The predicted octanol–water partition coefficient (Wildman–Crippen LogP) is 2.06. The molecule has 1 aliphatic rings. The summed E-state index contributed by atoms with van der Waals surface area (Å²) in [4.78, 5) is 12.0. The van der Waals surface area contributed by atoms with Gasteiger partial charge in [-0.2, -0.15) is 0 Å². The molecule has 0 unspecified atom stereocenters. The van der Waals surface area contributed by atoms with Crippen molar-refractivity contribution in [2.45, 2.75) is 58.4 Å². The van der Waals surface area contributed by atoms with Crippen molar-refractivity contribution in [1.82, 2.24) is 5.32 Å². The molecule has 1 saturated carbocycles. The van der Waals surface area contributed by atoms with Gasteiger partial charge in [-0.3, -0.25) is 4.79 Å². The Balaban J connectivity index is 2.39. The van der Waals surface area contributed by atoms with Crippen LogP contribution >= 0.6 is 0 Å². The lowest BCUT2D eigenvalue weighted by Crippen LogP contribution is -2.46. The Kier molecular flexibility index (Phi) is 4.78. The van der Waals surface area contributed by atoms with E-state index >= 15 is 0 Å². The summed E-state index contributed by atoms with van der Waals surface area (Å²) in [6, 6.07) is 0. The topological polar surface area (TPSA) is 55.1 Å². The van der Waals surface area contributed by atoms with Gasteiger partial charge in [0.05, 0.1) is 0 Å². The van der Waals surface area contributed by atoms with Crippen LogP contribution in [0, 0.1) is 11.8 Å². The first-order valence-corrected chi connectivity index (χ1v) is 6.50. The maximum absolute atomic E-state index is 12.0. The smallest absolute Gasteiger partial charge is 0.223 e. The minimum Gasteiger partial charge on any atom is -0.351 e. The van der Waals surface area contributed by atoms with Gasteiger partial charge in [-0.05, 0) is 58.4 Å². The Morgan fingerprint density at radius 2 is 1.88 bits per heavy atom. The van der Waals surface area contributed by atoms with Crippen LogP contribution in [0.25, 0.3) is 0 Å². The Hall–Kier alpha value is -0.570. The average molecular weight is 226 g/mol. The molecule has 0 atom stereocenters. The lowest BCUT2D eigenvalue weighted by atomic mass is 9.81. The first-order chi connectivity index (χ1) is 7.48. The second-order valence-corrected chi connectivity index (χ2v) is 5.68. The normalized spacial score (nSPS) is 26.5. The highest BCUT2D eigenvalue weighted by atomic mass is 16.2. The zero-order valence-corrected chi connectivity index (χ0v) is 10.9. The standard InChI is InChI=1S/C13H26N2O/c1-4-13(2,3)15-12(16)11-7-5-10(9-14)6-8-11/h10-11H,4-9,14H2,1-3H3,(H,15,16). The van der Waals surface area contributed by atoms with Gasteiger partial charge in [-0.1, -0.05) is 6.92 Å². The molecule has 0 radical (unpaired) electrons. The third kappa shape index (κ3) is 3.78. The molecule has 0 aromatic heterocycles. The molecule has 0 saturated heterocycles. The lowest BCUT2D eigenvalue weighted by Gasteiger charge is -2.31. The Morgan fingerprint density at radius 3 is 2.31 bits per heavy atom. The molecular formula is C13H26N2O. The quantitative estimate of drug-likeness (QED) is 0.771. The van der Waals surface area contributed by atoms with E-state index < -0.39 is 0 Å². The van der Waals surface area contributed by atoms with Crippen LogP contribution in [-0.4, -0.2) is 18.0 Å². The minimum atomic E-state index is -0.0677. The van der Waals surface area contributed by atoms with Crippen molar-refractivity contribution in [3.63, 3.8) is 0 Å². The largest absolute Gasteiger partial charge is 0.351 e. The summed E-state index contributed by atoms with van der Waals surface area (Å²) < 4.78 is 0. The summed E-state index contributed by atoms with van der Waals surface area (Å²) in [5.41, 5.74) is 5.58. The Bertz CT molecular complexity index is 230. The molecule has 0 heterocycles. The van der Waals surface area contributed by atoms with Crippen molar-refractivity contribution >= 4 is 5.91 Å². The molecule has 0 bridgehead atoms. The number of nitrogens with one attached hydrogen (secondary N) is 1. The van der Waals surface area contributed by atoms with Crippen molar-refractivity contribution in [3.8, 4) is 0 Å². The summed E-state index contributed by atoms with van der Waals surface area (Å²) in [6.07, 6.45) is 5.21. The average Bonchev–Trinajstić information content (AvgIpc) is 2.28. The molecule has 1 rings (SSSR count). The highest BCUT2D eigenvalue weighted by Gasteiger charge is 2.28. The van der Waals surface area contributed by atoms with E-state index in [1.807, 2.05) is 0 Å². The van der Waals surface area contributed by atoms with Crippen molar-refractivity contribution in [1.29, 1.82) is 0 Å². The third-order valence-corrected chi connectivity index (χ3v) is 3.90. The maximum atomic E-state index is 12.0. The first kappa shape index (κ1) is 13.5. The molecule has 16 heavy (non-hydrogen) atoms. The molecule has 0 spiro atoms. The van der Waals surface area contributed by atoms with E-state index in [4.69, 9.17) is 5.73 Å². The number of carbonyl (C=O) groups is 1. The highest BCUT2D eigenvalue weighted by molar-refractivity contribution is 5.79. The monoisotopic (exact) mass is 226 g/mol. The maximum Gasteiger partial charge on any atom is 0.223 e. The Morgan fingerprint density at radius 1 is 1.31 bits per heavy atom. The van der Waals surface area contributed by atoms with Crippen LogP contribution in [0.4, 0.5) is 0 Å². The van der Waals surface area contributed by atoms with Gasteiger partial charge in [0.2, 0.25) is 5.91 Å². The highest BCUT2D eigenvalue weighted by Crippen LogP contribution is 2.28. The SMILES string of the molecule is CCC(C)(C)NC(=O)C1CCC(CN)CC1. The zero-order chi connectivity index (χ0) is 12.2. The van der Waals surface area contributed by atoms with Crippen molar-refractivity contribution < 1.29 is 4.79 Å². The summed E-state index contributed by atoms with van der Waals surface area (Å²) in [5, 5.41) is 3.14. The molecule has 94 valence electrons. The number of hydrogen-bond donors (Lipinski definition) is 2.